The number of hydrogen-bond acceptors (Lipinski definition) is 10. The topological polar surface area (TPSA) is 113 Å². The molecule has 4 aliphatic heterocycles. The maximum atomic E-state index is 12.9. The second-order valence-corrected chi connectivity index (χ2v) is 10.5. The van der Waals surface area contributed by atoms with Crippen molar-refractivity contribution >= 4 is 41.0 Å². The molecule has 1 aromatic heterocycles. The van der Waals surface area contributed by atoms with E-state index in [0.29, 0.717) is 48.0 Å². The number of hydroxylamine groups is 2. The molecule has 1 aromatic rings. The Bertz CT molecular complexity index is 1180. The molecule has 5 heterocycles. The molecule has 2 fully saturated rings. The zero-order chi connectivity index (χ0) is 24.1. The van der Waals surface area contributed by atoms with Gasteiger partial charge >= 0.3 is 0 Å². The summed E-state index contributed by atoms with van der Waals surface area (Å²) in [6.07, 6.45) is 8.13. The number of anilines is 1. The molecule has 2 bridgehead atoms. The number of aromatic nitrogens is 1. The minimum atomic E-state index is -1.46. The zero-order valence-corrected chi connectivity index (χ0v) is 19.9. The molecular formula is C23H25N5O5S. The number of nitrogens with one attached hydrogen (secondary N) is 1. The highest BCUT2D eigenvalue weighted by Crippen LogP contribution is 2.50. The molecule has 11 heteroatoms. The highest BCUT2D eigenvalue weighted by Gasteiger charge is 2.68. The van der Waals surface area contributed by atoms with E-state index < -0.39 is 11.2 Å². The molecule has 0 aliphatic carbocycles. The van der Waals surface area contributed by atoms with Gasteiger partial charge in [0.25, 0.3) is 12.4 Å². The number of ether oxygens (including phenoxy) is 1. The van der Waals surface area contributed by atoms with Crippen LogP contribution in [0.4, 0.5) is 5.13 Å². The second kappa shape index (κ2) is 7.97. The lowest BCUT2D eigenvalue weighted by molar-refractivity contribution is -0.169. The molecule has 1 amide bonds. The number of carbonyl (C=O) groups is 3. The lowest BCUT2D eigenvalue weighted by Gasteiger charge is -2.39. The number of aliphatic imine (C=N–C) groups is 1. The van der Waals surface area contributed by atoms with Crippen LogP contribution in [-0.2, 0) is 29.4 Å². The van der Waals surface area contributed by atoms with E-state index in [-0.39, 0.29) is 24.3 Å². The quantitative estimate of drug-likeness (QED) is 0.611. The van der Waals surface area contributed by atoms with Crippen molar-refractivity contribution in [2.24, 2.45) is 4.99 Å². The smallest absolute Gasteiger partial charge is 0.294 e. The number of amides is 1. The molecule has 0 aromatic carbocycles. The Labute approximate surface area is 200 Å². The predicted octanol–water partition coefficient (Wildman–Crippen LogP) is 1.93. The summed E-state index contributed by atoms with van der Waals surface area (Å²) < 4.78 is 5.28. The first kappa shape index (κ1) is 22.6. The van der Waals surface area contributed by atoms with Gasteiger partial charge in [-0.25, -0.2) is 9.98 Å². The first-order valence-corrected chi connectivity index (χ1v) is 11.8. The summed E-state index contributed by atoms with van der Waals surface area (Å²) in [5, 5.41) is 6.95. The van der Waals surface area contributed by atoms with Gasteiger partial charge in [-0.15, -0.1) is 11.3 Å². The maximum Gasteiger partial charge on any atom is 0.294 e. The van der Waals surface area contributed by atoms with Gasteiger partial charge in [-0.1, -0.05) is 20.8 Å². The van der Waals surface area contributed by atoms with Crippen LogP contribution in [0.3, 0.4) is 0 Å². The van der Waals surface area contributed by atoms with Gasteiger partial charge in [0.15, 0.2) is 17.0 Å². The number of aldehydes is 1. The first-order valence-electron chi connectivity index (χ1n) is 10.9. The summed E-state index contributed by atoms with van der Waals surface area (Å²) in [6.45, 7) is 7.69. The molecule has 0 radical (unpaired) electrons. The molecule has 0 spiro atoms. The van der Waals surface area contributed by atoms with Crippen LogP contribution in [0.2, 0.25) is 0 Å². The summed E-state index contributed by atoms with van der Waals surface area (Å²) in [4.78, 5) is 53.3. The lowest BCUT2D eigenvalue weighted by atomic mass is 9.77. The Morgan fingerprint density at radius 1 is 1.35 bits per heavy atom. The monoisotopic (exact) mass is 483 g/mol. The lowest BCUT2D eigenvalue weighted by Crippen LogP contribution is -2.58. The van der Waals surface area contributed by atoms with Crippen LogP contribution < -0.4 is 5.32 Å². The average molecular weight is 484 g/mol. The van der Waals surface area contributed by atoms with Crippen LogP contribution in [0.1, 0.15) is 32.9 Å². The number of nitrogens with zero attached hydrogens (tertiary/aromatic N) is 4. The molecule has 2 unspecified atom stereocenters. The fraction of sp³-hybridized carbons (Fsp3) is 0.435. The summed E-state index contributed by atoms with van der Waals surface area (Å²) in [5.41, 5.74) is -0.908. The minimum Gasteiger partial charge on any atom is -0.448 e. The van der Waals surface area contributed by atoms with E-state index in [2.05, 4.69) is 31.1 Å². The molecular weight excluding hydrogens is 458 g/mol. The van der Waals surface area contributed by atoms with Gasteiger partial charge in [-0.2, -0.15) is 5.06 Å². The highest BCUT2D eigenvalue weighted by molar-refractivity contribution is 7.14. The van der Waals surface area contributed by atoms with Crippen molar-refractivity contribution in [3.05, 3.63) is 46.8 Å². The standard InChI is InChI=1S/C23H25N5O5S/c1-21(2,3)17-11-34-20(25-17)26-19(31)15-4-7-27-8-5-16(24-18(27)10-15)23-6-9-28(33-23)12-22(23,13-29)32-14-30/h4-5,7,10-11,13-14H,6,8-9,12H2,1-3H3,(H,25,26,31)/t22-,23?/m0/s1. The van der Waals surface area contributed by atoms with Crippen molar-refractivity contribution in [3.63, 3.8) is 0 Å². The molecule has 5 rings (SSSR count). The van der Waals surface area contributed by atoms with Gasteiger partial charge in [0, 0.05) is 42.1 Å². The van der Waals surface area contributed by atoms with Gasteiger partial charge in [-0.05, 0) is 18.2 Å². The Hall–Kier alpha value is -3.15. The van der Waals surface area contributed by atoms with E-state index in [1.165, 1.54) is 11.3 Å². The molecule has 1 N–H and O–H groups in total. The molecule has 4 aliphatic rings. The van der Waals surface area contributed by atoms with E-state index in [4.69, 9.17) is 14.6 Å². The van der Waals surface area contributed by atoms with Crippen LogP contribution >= 0.6 is 11.3 Å². The summed E-state index contributed by atoms with van der Waals surface area (Å²) in [5.74, 6) is 0.243. The van der Waals surface area contributed by atoms with Crippen molar-refractivity contribution in [1.29, 1.82) is 0 Å². The number of carbonyl (C=O) groups excluding carboxylic acids is 3. The van der Waals surface area contributed by atoms with Crippen LogP contribution in [-0.4, -0.2) is 70.3 Å². The van der Waals surface area contributed by atoms with Crippen molar-refractivity contribution in [1.82, 2.24) is 14.9 Å². The van der Waals surface area contributed by atoms with Gasteiger partial charge in [0.05, 0.1) is 17.9 Å². The fourth-order valence-electron chi connectivity index (χ4n) is 4.52. The zero-order valence-electron chi connectivity index (χ0n) is 19.1. The Morgan fingerprint density at radius 2 is 2.18 bits per heavy atom. The molecule has 34 heavy (non-hydrogen) atoms. The number of hydrogen-bond donors (Lipinski definition) is 1. The molecule has 3 atom stereocenters. The van der Waals surface area contributed by atoms with Crippen LogP contribution in [0.15, 0.2) is 46.1 Å². The normalized spacial score (nSPS) is 29.7. The molecule has 10 nitrogen and oxygen atoms in total. The van der Waals surface area contributed by atoms with Gasteiger partial charge in [-0.3, -0.25) is 24.5 Å². The maximum absolute atomic E-state index is 12.9. The van der Waals surface area contributed by atoms with E-state index in [0.717, 1.165) is 5.69 Å². The van der Waals surface area contributed by atoms with Gasteiger partial charge < -0.3 is 9.64 Å². The third-order valence-electron chi connectivity index (χ3n) is 6.44. The Morgan fingerprint density at radius 3 is 2.85 bits per heavy atom. The first-order chi connectivity index (χ1) is 16.2. The number of fused-ring (bicyclic) bond motifs is 3. The Balaban J connectivity index is 1.40. The number of piperidine rings is 1. The van der Waals surface area contributed by atoms with Crippen LogP contribution in [0, 0.1) is 0 Å². The van der Waals surface area contributed by atoms with Crippen molar-refractivity contribution in [2.45, 2.75) is 43.8 Å². The minimum absolute atomic E-state index is 0.106. The van der Waals surface area contributed by atoms with Crippen LogP contribution in [0.25, 0.3) is 0 Å². The predicted molar refractivity (Wildman–Crippen MR) is 125 cm³/mol. The number of thiazole rings is 1. The molecule has 0 saturated carbocycles. The number of amidine groups is 1. The van der Waals surface area contributed by atoms with Crippen molar-refractivity contribution in [2.75, 3.05) is 25.0 Å². The highest BCUT2D eigenvalue weighted by atomic mass is 32.1. The third kappa shape index (κ3) is 3.51. The van der Waals surface area contributed by atoms with Crippen LogP contribution in [0.5, 0.6) is 0 Å². The summed E-state index contributed by atoms with van der Waals surface area (Å²) in [7, 11) is 0. The largest absolute Gasteiger partial charge is 0.448 e. The third-order valence-corrected chi connectivity index (χ3v) is 7.20. The van der Waals surface area contributed by atoms with E-state index in [1.54, 1.807) is 23.4 Å². The van der Waals surface area contributed by atoms with E-state index in [9.17, 15) is 14.4 Å². The fourth-order valence-corrected chi connectivity index (χ4v) is 5.45. The van der Waals surface area contributed by atoms with Crippen molar-refractivity contribution in [3.8, 4) is 0 Å². The molecule has 2 saturated heterocycles. The van der Waals surface area contributed by atoms with Crippen molar-refractivity contribution < 1.29 is 24.0 Å². The summed E-state index contributed by atoms with van der Waals surface area (Å²) in [6, 6.07) is 0. The Kier molecular flexibility index (Phi) is 5.30. The number of rotatable bonds is 6. The van der Waals surface area contributed by atoms with Gasteiger partial charge in [0.2, 0.25) is 5.60 Å². The molecule has 178 valence electrons. The SMILES string of the molecule is CC(C)(C)c1csc(NC(=O)C2=CC3=NC(C45CCN(C[C@@]4(C=O)OC=O)O5)=CCN3C=C2)n1. The average Bonchev–Trinajstić information content (AvgIpc) is 3.53. The van der Waals surface area contributed by atoms with E-state index in [1.807, 2.05) is 16.4 Å². The van der Waals surface area contributed by atoms with Gasteiger partial charge in [0.1, 0.15) is 5.84 Å². The second-order valence-electron chi connectivity index (χ2n) is 9.62. The summed E-state index contributed by atoms with van der Waals surface area (Å²) >= 11 is 1.38. The van der Waals surface area contributed by atoms with E-state index >= 15 is 0 Å².